The fourth-order valence-electron chi connectivity index (χ4n) is 2.70. The van der Waals surface area contributed by atoms with Crippen molar-refractivity contribution < 1.29 is 9.90 Å². The molecule has 1 fully saturated rings. The Morgan fingerprint density at radius 2 is 2.43 bits per heavy atom. The SMILES string of the molecule is CCNc1ncc(C(=O)N2CCCC(CCO)C2)cc1Cl. The molecule has 1 aromatic heterocycles. The Hall–Kier alpha value is -1.33. The number of likely N-dealkylation sites (tertiary alicyclic amines) is 1. The molecule has 2 rings (SSSR count). The van der Waals surface area contributed by atoms with Gasteiger partial charge in [-0.3, -0.25) is 4.79 Å². The molecule has 0 spiro atoms. The van der Waals surface area contributed by atoms with Gasteiger partial charge < -0.3 is 15.3 Å². The summed E-state index contributed by atoms with van der Waals surface area (Å²) in [5.41, 5.74) is 0.520. The van der Waals surface area contributed by atoms with Gasteiger partial charge in [0.25, 0.3) is 5.91 Å². The predicted molar refractivity (Wildman–Crippen MR) is 83.7 cm³/mol. The maximum atomic E-state index is 12.5. The number of nitrogens with zero attached hydrogens (tertiary/aromatic N) is 2. The van der Waals surface area contributed by atoms with Crippen molar-refractivity contribution in [1.82, 2.24) is 9.88 Å². The second-order valence-electron chi connectivity index (χ2n) is 5.36. The Kier molecular flexibility index (Phi) is 5.82. The molecule has 5 nitrogen and oxygen atoms in total. The van der Waals surface area contributed by atoms with Crippen LogP contribution >= 0.6 is 11.6 Å². The third-order valence-electron chi connectivity index (χ3n) is 3.78. The zero-order valence-electron chi connectivity index (χ0n) is 12.3. The van der Waals surface area contributed by atoms with Gasteiger partial charge in [0, 0.05) is 32.4 Å². The quantitative estimate of drug-likeness (QED) is 0.876. The zero-order valence-corrected chi connectivity index (χ0v) is 13.1. The summed E-state index contributed by atoms with van der Waals surface area (Å²) in [6.45, 7) is 4.33. The Balaban J connectivity index is 2.07. The van der Waals surface area contributed by atoms with Gasteiger partial charge in [0.2, 0.25) is 0 Å². The topological polar surface area (TPSA) is 65.5 Å². The number of amides is 1. The summed E-state index contributed by atoms with van der Waals surface area (Å²) in [5, 5.41) is 12.6. The number of carbonyl (C=O) groups excluding carboxylic acids is 1. The first-order chi connectivity index (χ1) is 10.2. The molecule has 0 saturated carbocycles. The minimum atomic E-state index is -0.0323. The normalized spacial score (nSPS) is 18.6. The van der Waals surface area contributed by atoms with Gasteiger partial charge in [-0.25, -0.2) is 4.98 Å². The van der Waals surface area contributed by atoms with E-state index in [0.717, 1.165) is 32.4 Å². The third-order valence-corrected chi connectivity index (χ3v) is 4.06. The van der Waals surface area contributed by atoms with E-state index in [1.54, 1.807) is 12.3 Å². The van der Waals surface area contributed by atoms with E-state index < -0.39 is 0 Å². The average Bonchev–Trinajstić information content (AvgIpc) is 2.49. The van der Waals surface area contributed by atoms with E-state index >= 15 is 0 Å². The van der Waals surface area contributed by atoms with Crippen LogP contribution in [0.4, 0.5) is 5.82 Å². The van der Waals surface area contributed by atoms with Crippen LogP contribution in [0.1, 0.15) is 36.5 Å². The number of aliphatic hydroxyl groups is 1. The van der Waals surface area contributed by atoms with Gasteiger partial charge in [-0.2, -0.15) is 0 Å². The molecule has 2 N–H and O–H groups in total. The number of hydrogen-bond donors (Lipinski definition) is 2. The summed E-state index contributed by atoms with van der Waals surface area (Å²) in [4.78, 5) is 18.6. The number of hydrogen-bond acceptors (Lipinski definition) is 4. The van der Waals surface area contributed by atoms with E-state index in [4.69, 9.17) is 16.7 Å². The van der Waals surface area contributed by atoms with Crippen molar-refractivity contribution in [2.45, 2.75) is 26.2 Å². The monoisotopic (exact) mass is 311 g/mol. The first kappa shape index (κ1) is 16.0. The van der Waals surface area contributed by atoms with E-state index in [0.29, 0.717) is 28.9 Å². The first-order valence-corrected chi connectivity index (χ1v) is 7.83. The summed E-state index contributed by atoms with van der Waals surface area (Å²) in [6, 6.07) is 1.67. The van der Waals surface area contributed by atoms with Crippen molar-refractivity contribution in [3.63, 3.8) is 0 Å². The van der Waals surface area contributed by atoms with Gasteiger partial charge in [0.15, 0.2) is 0 Å². The minimum absolute atomic E-state index is 0.0323. The van der Waals surface area contributed by atoms with E-state index in [1.807, 2.05) is 11.8 Å². The number of carbonyl (C=O) groups is 1. The molecule has 0 bridgehead atoms. The van der Waals surface area contributed by atoms with Gasteiger partial charge in [-0.05, 0) is 38.2 Å². The van der Waals surface area contributed by atoms with Crippen molar-refractivity contribution in [1.29, 1.82) is 0 Å². The van der Waals surface area contributed by atoms with Gasteiger partial charge >= 0.3 is 0 Å². The predicted octanol–water partition coefficient (Wildman–Crippen LogP) is 2.40. The molecule has 1 saturated heterocycles. The van der Waals surface area contributed by atoms with Crippen molar-refractivity contribution >= 4 is 23.3 Å². The van der Waals surface area contributed by atoms with Crippen LogP contribution in [0, 0.1) is 5.92 Å². The number of nitrogens with one attached hydrogen (secondary N) is 1. The number of rotatable bonds is 5. The molecule has 1 aliphatic heterocycles. The lowest BCUT2D eigenvalue weighted by Gasteiger charge is -2.32. The van der Waals surface area contributed by atoms with Crippen LogP contribution in [0.2, 0.25) is 5.02 Å². The average molecular weight is 312 g/mol. The number of aliphatic hydroxyl groups excluding tert-OH is 1. The second-order valence-corrected chi connectivity index (χ2v) is 5.76. The lowest BCUT2D eigenvalue weighted by Crippen LogP contribution is -2.40. The Morgan fingerprint density at radius 1 is 1.62 bits per heavy atom. The van der Waals surface area contributed by atoms with E-state index in [1.165, 1.54) is 0 Å². The highest BCUT2D eigenvalue weighted by molar-refractivity contribution is 6.33. The van der Waals surface area contributed by atoms with Gasteiger partial charge in [-0.1, -0.05) is 11.6 Å². The van der Waals surface area contributed by atoms with Crippen molar-refractivity contribution in [2.75, 3.05) is 31.6 Å². The molecule has 1 aliphatic rings. The number of aromatic nitrogens is 1. The number of anilines is 1. The molecular weight excluding hydrogens is 290 g/mol. The summed E-state index contributed by atoms with van der Waals surface area (Å²) in [5.74, 6) is 0.958. The van der Waals surface area contributed by atoms with Crippen molar-refractivity contribution in [2.24, 2.45) is 5.92 Å². The molecule has 1 unspecified atom stereocenters. The molecule has 0 radical (unpaired) electrons. The summed E-state index contributed by atoms with van der Waals surface area (Å²) in [7, 11) is 0. The Morgan fingerprint density at radius 3 is 3.10 bits per heavy atom. The van der Waals surface area contributed by atoms with Gasteiger partial charge in [-0.15, -0.1) is 0 Å². The highest BCUT2D eigenvalue weighted by atomic mass is 35.5. The molecule has 2 heterocycles. The van der Waals surface area contributed by atoms with Crippen LogP contribution in [-0.4, -0.2) is 47.1 Å². The lowest BCUT2D eigenvalue weighted by molar-refractivity contribution is 0.0653. The summed E-state index contributed by atoms with van der Waals surface area (Å²) in [6.07, 6.45) is 4.37. The highest BCUT2D eigenvalue weighted by Gasteiger charge is 2.24. The van der Waals surface area contributed by atoms with Crippen LogP contribution in [0.15, 0.2) is 12.3 Å². The van der Waals surface area contributed by atoms with E-state index in [9.17, 15) is 4.79 Å². The Bertz CT molecular complexity index is 494. The van der Waals surface area contributed by atoms with E-state index in [2.05, 4.69) is 10.3 Å². The van der Waals surface area contributed by atoms with Crippen LogP contribution in [0.3, 0.4) is 0 Å². The summed E-state index contributed by atoms with van der Waals surface area (Å²) < 4.78 is 0. The number of piperidine rings is 1. The van der Waals surface area contributed by atoms with Crippen molar-refractivity contribution in [3.8, 4) is 0 Å². The van der Waals surface area contributed by atoms with Crippen LogP contribution in [-0.2, 0) is 0 Å². The maximum Gasteiger partial charge on any atom is 0.255 e. The molecule has 0 aromatic carbocycles. The van der Waals surface area contributed by atoms with E-state index in [-0.39, 0.29) is 12.5 Å². The molecular formula is C15H22ClN3O2. The molecule has 1 atom stereocenters. The number of halogens is 1. The molecule has 116 valence electrons. The maximum absolute atomic E-state index is 12.5. The van der Waals surface area contributed by atoms with Crippen LogP contribution in [0.25, 0.3) is 0 Å². The third kappa shape index (κ3) is 4.08. The van der Waals surface area contributed by atoms with Crippen molar-refractivity contribution in [3.05, 3.63) is 22.8 Å². The fourth-order valence-corrected chi connectivity index (χ4v) is 2.94. The van der Waals surface area contributed by atoms with Crippen LogP contribution in [0.5, 0.6) is 0 Å². The van der Waals surface area contributed by atoms with Crippen LogP contribution < -0.4 is 5.32 Å². The molecule has 21 heavy (non-hydrogen) atoms. The fraction of sp³-hybridized carbons (Fsp3) is 0.600. The van der Waals surface area contributed by atoms with Gasteiger partial charge in [0.05, 0.1) is 10.6 Å². The lowest BCUT2D eigenvalue weighted by atomic mass is 9.95. The van der Waals surface area contributed by atoms with Gasteiger partial charge in [0.1, 0.15) is 5.82 Å². The smallest absolute Gasteiger partial charge is 0.255 e. The molecule has 1 amide bonds. The second kappa shape index (κ2) is 7.61. The molecule has 0 aliphatic carbocycles. The number of pyridine rings is 1. The summed E-state index contributed by atoms with van der Waals surface area (Å²) >= 11 is 6.14. The molecule has 1 aromatic rings. The first-order valence-electron chi connectivity index (χ1n) is 7.45. The highest BCUT2D eigenvalue weighted by Crippen LogP contribution is 2.24. The standard InChI is InChI=1S/C15H22ClN3O2/c1-2-17-14-13(16)8-12(9-18-14)15(21)19-6-3-4-11(10-19)5-7-20/h8-9,11,20H,2-7,10H2,1H3,(H,17,18). The zero-order chi connectivity index (χ0) is 15.2. The minimum Gasteiger partial charge on any atom is -0.396 e. The molecule has 6 heteroatoms. The Labute approximate surface area is 130 Å². The largest absolute Gasteiger partial charge is 0.396 e.